The van der Waals surface area contributed by atoms with Gasteiger partial charge in [-0.05, 0) is 42.9 Å². The van der Waals surface area contributed by atoms with Crippen molar-refractivity contribution in [3.8, 4) is 11.3 Å². The number of halogens is 3. The van der Waals surface area contributed by atoms with Crippen LogP contribution in [0.2, 0.25) is 10.2 Å². The third kappa shape index (κ3) is 4.42. The van der Waals surface area contributed by atoms with Gasteiger partial charge in [-0.1, -0.05) is 43.0 Å². The van der Waals surface area contributed by atoms with E-state index in [4.69, 9.17) is 23.2 Å². The van der Waals surface area contributed by atoms with Crippen LogP contribution in [0, 0.1) is 17.7 Å². The van der Waals surface area contributed by atoms with E-state index in [1.54, 1.807) is 18.3 Å². The van der Waals surface area contributed by atoms with Gasteiger partial charge in [0.25, 0.3) is 0 Å². The molecule has 0 saturated heterocycles. The average molecular weight is 498 g/mol. The van der Waals surface area contributed by atoms with Gasteiger partial charge >= 0.3 is 0 Å². The third-order valence-electron chi connectivity index (χ3n) is 6.42. The first-order valence-corrected chi connectivity index (χ1v) is 12.0. The third-order valence-corrected chi connectivity index (χ3v) is 6.82. The van der Waals surface area contributed by atoms with Crippen molar-refractivity contribution in [2.24, 2.45) is 11.8 Å². The Morgan fingerprint density at radius 1 is 1.15 bits per heavy atom. The van der Waals surface area contributed by atoms with Crippen LogP contribution < -0.4 is 0 Å². The van der Waals surface area contributed by atoms with Crippen molar-refractivity contribution < 1.29 is 9.18 Å². The number of pyridine rings is 3. The summed E-state index contributed by atoms with van der Waals surface area (Å²) >= 11 is 12.5. The molecule has 6 nitrogen and oxygen atoms in total. The van der Waals surface area contributed by atoms with Gasteiger partial charge in [0.2, 0.25) is 5.78 Å². The molecule has 34 heavy (non-hydrogen) atoms. The predicted octanol–water partition coefficient (Wildman–Crippen LogP) is 6.39. The van der Waals surface area contributed by atoms with E-state index in [1.807, 2.05) is 4.57 Å². The van der Waals surface area contributed by atoms with Gasteiger partial charge in [-0.15, -0.1) is 0 Å². The minimum atomic E-state index is -0.687. The van der Waals surface area contributed by atoms with Crippen molar-refractivity contribution in [2.45, 2.75) is 39.2 Å². The lowest BCUT2D eigenvalue weighted by Crippen LogP contribution is -2.21. The molecular formula is C25H22Cl2FN5O. The van der Waals surface area contributed by atoms with Crippen LogP contribution in [-0.4, -0.2) is 30.3 Å². The molecule has 1 fully saturated rings. The Morgan fingerprint density at radius 3 is 2.68 bits per heavy atom. The lowest BCUT2D eigenvalue weighted by Gasteiger charge is -2.27. The molecule has 0 atom stereocenters. The summed E-state index contributed by atoms with van der Waals surface area (Å²) in [6, 6.07) is 6.03. The van der Waals surface area contributed by atoms with Crippen molar-refractivity contribution >= 4 is 40.0 Å². The zero-order chi connectivity index (χ0) is 23.8. The Bertz CT molecular complexity index is 1380. The molecule has 0 aromatic carbocycles. The summed E-state index contributed by atoms with van der Waals surface area (Å²) in [5, 5.41) is 0.674. The van der Waals surface area contributed by atoms with Crippen LogP contribution >= 0.6 is 23.2 Å². The summed E-state index contributed by atoms with van der Waals surface area (Å²) in [6.45, 7) is 2.82. The highest BCUT2D eigenvalue weighted by Crippen LogP contribution is 2.35. The summed E-state index contributed by atoms with van der Waals surface area (Å²) < 4.78 is 16.3. The molecule has 174 valence electrons. The van der Waals surface area contributed by atoms with E-state index >= 15 is 0 Å². The first-order chi connectivity index (χ1) is 16.4. The molecular weight excluding hydrogens is 476 g/mol. The van der Waals surface area contributed by atoms with E-state index in [1.165, 1.54) is 24.5 Å². The molecule has 4 aromatic heterocycles. The maximum absolute atomic E-state index is 14.5. The number of rotatable bonds is 5. The van der Waals surface area contributed by atoms with Crippen LogP contribution in [0.3, 0.4) is 0 Å². The number of imidazole rings is 1. The summed E-state index contributed by atoms with van der Waals surface area (Å²) in [7, 11) is 0. The summed E-state index contributed by atoms with van der Waals surface area (Å²) in [5.41, 5.74) is 2.06. The topological polar surface area (TPSA) is 73.6 Å². The van der Waals surface area contributed by atoms with E-state index in [2.05, 4.69) is 26.9 Å². The number of hydrogen-bond acceptors (Lipinski definition) is 5. The minimum absolute atomic E-state index is 0.117. The van der Waals surface area contributed by atoms with Crippen LogP contribution in [-0.2, 0) is 6.54 Å². The number of nitrogens with zero attached hydrogens (tertiary/aromatic N) is 5. The van der Waals surface area contributed by atoms with Gasteiger partial charge in [-0.2, -0.15) is 0 Å². The summed E-state index contributed by atoms with van der Waals surface area (Å²) in [4.78, 5) is 30.8. The van der Waals surface area contributed by atoms with Gasteiger partial charge in [-0.3, -0.25) is 9.78 Å². The smallest absolute Gasteiger partial charge is 0.249 e. The van der Waals surface area contributed by atoms with Gasteiger partial charge in [0.05, 0.1) is 21.7 Å². The lowest BCUT2D eigenvalue weighted by atomic mass is 9.83. The van der Waals surface area contributed by atoms with Crippen LogP contribution in [0.5, 0.6) is 0 Å². The molecule has 1 saturated carbocycles. The van der Waals surface area contributed by atoms with Gasteiger partial charge in [0.15, 0.2) is 11.6 Å². The molecule has 4 aromatic rings. The highest BCUT2D eigenvalue weighted by atomic mass is 35.5. The standard InChI is InChI=1S/C25H22Cl2FN5O/c1-14-4-6-15(7-5-14)13-33-23-19(31-25(33)24(34)22-18(28)3-2-8-30-22)10-20(27)32-21(23)16-9-17(26)12-29-11-16/h2-3,8-12,14-15H,4-7,13H2,1H3. The Labute approximate surface area is 206 Å². The van der Waals surface area contributed by atoms with Gasteiger partial charge < -0.3 is 4.57 Å². The zero-order valence-electron chi connectivity index (χ0n) is 18.5. The molecule has 5 rings (SSSR count). The molecule has 4 heterocycles. The fourth-order valence-corrected chi connectivity index (χ4v) is 5.01. The fourth-order valence-electron chi connectivity index (χ4n) is 4.65. The molecule has 1 aliphatic carbocycles. The Morgan fingerprint density at radius 2 is 1.94 bits per heavy atom. The van der Waals surface area contributed by atoms with Crippen LogP contribution in [0.4, 0.5) is 4.39 Å². The average Bonchev–Trinajstić information content (AvgIpc) is 3.17. The molecule has 0 bridgehead atoms. The van der Waals surface area contributed by atoms with E-state index in [9.17, 15) is 9.18 Å². The maximum Gasteiger partial charge on any atom is 0.249 e. The largest absolute Gasteiger partial charge is 0.319 e. The van der Waals surface area contributed by atoms with E-state index in [0.29, 0.717) is 45.7 Å². The first-order valence-electron chi connectivity index (χ1n) is 11.2. The fraction of sp³-hybridized carbons (Fsp3) is 0.320. The van der Waals surface area contributed by atoms with E-state index in [-0.39, 0.29) is 16.7 Å². The lowest BCUT2D eigenvalue weighted by molar-refractivity contribution is 0.101. The van der Waals surface area contributed by atoms with Crippen LogP contribution in [0.1, 0.15) is 48.9 Å². The monoisotopic (exact) mass is 497 g/mol. The number of hydrogen-bond donors (Lipinski definition) is 0. The second-order valence-electron chi connectivity index (χ2n) is 8.89. The van der Waals surface area contributed by atoms with Crippen molar-refractivity contribution in [1.82, 2.24) is 24.5 Å². The molecule has 0 radical (unpaired) electrons. The van der Waals surface area contributed by atoms with Crippen molar-refractivity contribution in [3.63, 3.8) is 0 Å². The molecule has 0 amide bonds. The van der Waals surface area contributed by atoms with Crippen LogP contribution in [0.25, 0.3) is 22.3 Å². The number of fused-ring (bicyclic) bond motifs is 1. The predicted molar refractivity (Wildman–Crippen MR) is 130 cm³/mol. The van der Waals surface area contributed by atoms with Crippen molar-refractivity contribution in [1.29, 1.82) is 0 Å². The normalized spacial score (nSPS) is 18.4. The quantitative estimate of drug-likeness (QED) is 0.236. The number of aromatic nitrogens is 5. The second kappa shape index (κ2) is 9.39. The Balaban J connectivity index is 1.72. The zero-order valence-corrected chi connectivity index (χ0v) is 20.0. The van der Waals surface area contributed by atoms with Crippen LogP contribution in [0.15, 0.2) is 42.9 Å². The van der Waals surface area contributed by atoms with E-state index < -0.39 is 11.6 Å². The van der Waals surface area contributed by atoms with Gasteiger partial charge in [0, 0.05) is 36.8 Å². The molecule has 1 aliphatic rings. The molecule has 0 N–H and O–H groups in total. The summed E-state index contributed by atoms with van der Waals surface area (Å²) in [6.07, 6.45) is 8.92. The molecule has 0 aliphatic heterocycles. The maximum atomic E-state index is 14.5. The number of carbonyl (C=O) groups excluding carboxylic acids is 1. The highest BCUT2D eigenvalue weighted by Gasteiger charge is 2.28. The molecule has 0 unspecified atom stereocenters. The molecule has 0 spiro atoms. The summed E-state index contributed by atoms with van der Waals surface area (Å²) in [5.74, 6) is -0.105. The SMILES string of the molecule is CC1CCC(Cn2c(C(=O)c3ncccc3F)nc3cc(Cl)nc(-c4cncc(Cl)c4)c32)CC1. The highest BCUT2D eigenvalue weighted by molar-refractivity contribution is 6.31. The second-order valence-corrected chi connectivity index (χ2v) is 9.71. The minimum Gasteiger partial charge on any atom is -0.319 e. The Kier molecular flexibility index (Phi) is 6.32. The Hall–Kier alpha value is -2.90. The van der Waals surface area contributed by atoms with Crippen molar-refractivity contribution in [2.75, 3.05) is 0 Å². The first kappa shape index (κ1) is 22.9. The van der Waals surface area contributed by atoms with E-state index in [0.717, 1.165) is 25.7 Å². The van der Waals surface area contributed by atoms with Gasteiger partial charge in [0.1, 0.15) is 10.8 Å². The number of carbonyl (C=O) groups is 1. The number of ketones is 1. The van der Waals surface area contributed by atoms with Gasteiger partial charge in [-0.25, -0.2) is 19.3 Å². The molecule has 9 heteroatoms. The van der Waals surface area contributed by atoms with Crippen molar-refractivity contribution in [3.05, 3.63) is 70.4 Å².